The molecule has 14 heavy (non-hydrogen) atoms. The van der Waals surface area contributed by atoms with E-state index in [2.05, 4.69) is 0 Å². The molecule has 0 aromatic rings. The first-order chi connectivity index (χ1) is 6.69. The van der Waals surface area contributed by atoms with Crippen LogP contribution in [0.5, 0.6) is 0 Å². The van der Waals surface area contributed by atoms with E-state index in [1.165, 1.54) is 0 Å². The van der Waals surface area contributed by atoms with Gasteiger partial charge in [-0.15, -0.1) is 0 Å². The van der Waals surface area contributed by atoms with Crippen molar-refractivity contribution < 1.29 is 14.3 Å². The quantitative estimate of drug-likeness (QED) is 0.513. The summed E-state index contributed by atoms with van der Waals surface area (Å²) < 4.78 is 5.24. The smallest absolute Gasteiger partial charge is 0.316 e. The Hall–Kier alpha value is -0.860. The van der Waals surface area contributed by atoms with Crippen molar-refractivity contribution in [2.45, 2.75) is 52.1 Å². The van der Waals surface area contributed by atoms with Gasteiger partial charge in [-0.05, 0) is 25.7 Å². The van der Waals surface area contributed by atoms with Gasteiger partial charge in [-0.3, -0.25) is 9.59 Å². The first-order valence-electron chi connectivity index (χ1n) is 5.42. The van der Waals surface area contributed by atoms with Crippen LogP contribution in [0.2, 0.25) is 0 Å². The van der Waals surface area contributed by atoms with Crippen LogP contribution in [0.1, 0.15) is 46.0 Å². The minimum absolute atomic E-state index is 0.0177. The van der Waals surface area contributed by atoms with Gasteiger partial charge in [-0.25, -0.2) is 0 Å². The first kappa shape index (κ1) is 11.2. The van der Waals surface area contributed by atoms with Crippen LogP contribution in [0.3, 0.4) is 0 Å². The molecule has 0 N–H and O–H groups in total. The molecule has 0 radical (unpaired) electrons. The Morgan fingerprint density at radius 2 is 2.14 bits per heavy atom. The third-order valence-electron chi connectivity index (χ3n) is 2.78. The molecule has 0 amide bonds. The van der Waals surface area contributed by atoms with Gasteiger partial charge in [-0.2, -0.15) is 0 Å². The van der Waals surface area contributed by atoms with Gasteiger partial charge >= 0.3 is 5.97 Å². The Kier molecular flexibility index (Phi) is 4.11. The molecule has 0 bridgehead atoms. The molecule has 0 heterocycles. The Morgan fingerprint density at radius 3 is 2.57 bits per heavy atom. The van der Waals surface area contributed by atoms with E-state index in [1.54, 1.807) is 0 Å². The van der Waals surface area contributed by atoms with Crippen molar-refractivity contribution in [1.29, 1.82) is 0 Å². The van der Waals surface area contributed by atoms with Crippen LogP contribution in [0.25, 0.3) is 0 Å². The molecule has 1 fully saturated rings. The summed E-state index contributed by atoms with van der Waals surface area (Å²) in [5, 5.41) is 0. The zero-order valence-electron chi connectivity index (χ0n) is 8.91. The standard InChI is InChI=1S/C11H18O3/c1-3-8(4-2)14-11(13)9-6-5-7-10(9)12/h8-9H,3-7H2,1-2H3. The number of Topliss-reactive ketones (excluding diaryl/α,β-unsaturated/α-hetero) is 1. The van der Waals surface area contributed by atoms with Gasteiger partial charge in [0.15, 0.2) is 0 Å². The molecule has 3 heteroatoms. The molecule has 0 aliphatic heterocycles. The number of esters is 1. The van der Waals surface area contributed by atoms with Crippen LogP contribution in [0, 0.1) is 5.92 Å². The van der Waals surface area contributed by atoms with Crippen molar-refractivity contribution in [2.24, 2.45) is 5.92 Å². The second kappa shape index (κ2) is 5.13. The Labute approximate surface area is 84.8 Å². The lowest BCUT2D eigenvalue weighted by atomic mass is 10.1. The molecular weight excluding hydrogens is 180 g/mol. The van der Waals surface area contributed by atoms with Crippen molar-refractivity contribution in [3.63, 3.8) is 0 Å². The highest BCUT2D eigenvalue weighted by Gasteiger charge is 2.33. The van der Waals surface area contributed by atoms with Crippen LogP contribution in [0.15, 0.2) is 0 Å². The molecule has 1 atom stereocenters. The number of rotatable bonds is 4. The zero-order valence-corrected chi connectivity index (χ0v) is 8.91. The normalized spacial score (nSPS) is 21.6. The summed E-state index contributed by atoms with van der Waals surface area (Å²) in [6.07, 6.45) is 3.69. The predicted octanol–water partition coefficient (Wildman–Crippen LogP) is 2.09. The summed E-state index contributed by atoms with van der Waals surface area (Å²) in [6.45, 7) is 3.97. The maximum absolute atomic E-state index is 11.5. The lowest BCUT2D eigenvalue weighted by molar-refractivity contribution is -0.156. The van der Waals surface area contributed by atoms with Crippen LogP contribution in [0.4, 0.5) is 0 Å². The second-order valence-electron chi connectivity index (χ2n) is 3.79. The molecule has 0 aromatic carbocycles. The number of ketones is 1. The third kappa shape index (κ3) is 2.56. The first-order valence-corrected chi connectivity index (χ1v) is 5.42. The van der Waals surface area contributed by atoms with Crippen molar-refractivity contribution in [3.05, 3.63) is 0 Å². The topological polar surface area (TPSA) is 43.4 Å². The summed E-state index contributed by atoms with van der Waals surface area (Å²) in [7, 11) is 0. The lowest BCUT2D eigenvalue weighted by Gasteiger charge is -2.16. The van der Waals surface area contributed by atoms with Crippen LogP contribution in [-0.2, 0) is 14.3 Å². The van der Waals surface area contributed by atoms with Crippen LogP contribution < -0.4 is 0 Å². The molecule has 80 valence electrons. The van der Waals surface area contributed by atoms with E-state index in [4.69, 9.17) is 4.74 Å². The number of ether oxygens (including phenoxy) is 1. The van der Waals surface area contributed by atoms with E-state index in [0.29, 0.717) is 12.8 Å². The molecule has 1 unspecified atom stereocenters. The summed E-state index contributed by atoms with van der Waals surface area (Å²) >= 11 is 0. The third-order valence-corrected chi connectivity index (χ3v) is 2.78. The highest BCUT2D eigenvalue weighted by molar-refractivity contribution is 6.00. The van der Waals surface area contributed by atoms with Crippen molar-refractivity contribution in [1.82, 2.24) is 0 Å². The van der Waals surface area contributed by atoms with Gasteiger partial charge in [0.2, 0.25) is 0 Å². The fraction of sp³-hybridized carbons (Fsp3) is 0.818. The highest BCUT2D eigenvalue weighted by atomic mass is 16.5. The molecule has 0 aromatic heterocycles. The van der Waals surface area contributed by atoms with Gasteiger partial charge in [0.25, 0.3) is 0 Å². The van der Waals surface area contributed by atoms with Crippen molar-refractivity contribution in [3.8, 4) is 0 Å². The SMILES string of the molecule is CCC(CC)OC(=O)C1CCCC1=O. The highest BCUT2D eigenvalue weighted by Crippen LogP contribution is 2.23. The van der Waals surface area contributed by atoms with Gasteiger partial charge < -0.3 is 4.74 Å². The number of hydrogen-bond acceptors (Lipinski definition) is 3. The lowest BCUT2D eigenvalue weighted by Crippen LogP contribution is -2.26. The number of carbonyl (C=O) groups excluding carboxylic acids is 2. The summed E-state index contributed by atoms with van der Waals surface area (Å²) in [5.41, 5.74) is 0. The molecule has 0 spiro atoms. The van der Waals surface area contributed by atoms with Crippen LogP contribution in [-0.4, -0.2) is 17.9 Å². The Morgan fingerprint density at radius 1 is 1.50 bits per heavy atom. The molecule has 1 rings (SSSR count). The molecule has 1 aliphatic carbocycles. The van der Waals surface area contributed by atoms with Crippen molar-refractivity contribution >= 4 is 11.8 Å². The Balaban J connectivity index is 2.44. The number of hydrogen-bond donors (Lipinski definition) is 0. The molecule has 1 saturated carbocycles. The summed E-state index contributed by atoms with van der Waals surface area (Å²) in [4.78, 5) is 22.8. The van der Waals surface area contributed by atoms with Gasteiger partial charge in [-0.1, -0.05) is 13.8 Å². The summed E-state index contributed by atoms with van der Waals surface area (Å²) in [6, 6.07) is 0. The minimum atomic E-state index is -0.462. The van der Waals surface area contributed by atoms with E-state index in [1.807, 2.05) is 13.8 Å². The minimum Gasteiger partial charge on any atom is -0.462 e. The number of carbonyl (C=O) groups is 2. The van der Waals surface area contributed by atoms with Crippen molar-refractivity contribution in [2.75, 3.05) is 0 Å². The van der Waals surface area contributed by atoms with E-state index < -0.39 is 5.92 Å². The molecule has 1 aliphatic rings. The van der Waals surface area contributed by atoms with Gasteiger partial charge in [0, 0.05) is 6.42 Å². The molecule has 3 nitrogen and oxygen atoms in total. The maximum atomic E-state index is 11.5. The summed E-state index contributed by atoms with van der Waals surface area (Å²) in [5.74, 6) is -0.710. The van der Waals surface area contributed by atoms with Gasteiger partial charge in [0.05, 0.1) is 0 Å². The van der Waals surface area contributed by atoms with Gasteiger partial charge in [0.1, 0.15) is 17.8 Å². The van der Waals surface area contributed by atoms with E-state index in [9.17, 15) is 9.59 Å². The maximum Gasteiger partial charge on any atom is 0.316 e. The largest absolute Gasteiger partial charge is 0.462 e. The average Bonchev–Trinajstić information content (AvgIpc) is 2.60. The van der Waals surface area contributed by atoms with Crippen LogP contribution >= 0.6 is 0 Å². The fourth-order valence-electron chi connectivity index (χ4n) is 1.77. The predicted molar refractivity (Wildman–Crippen MR) is 52.8 cm³/mol. The Bertz CT molecular complexity index is 219. The molecular formula is C11H18O3. The zero-order chi connectivity index (χ0) is 10.6. The van der Waals surface area contributed by atoms with E-state index >= 15 is 0 Å². The molecule has 0 saturated heterocycles. The second-order valence-corrected chi connectivity index (χ2v) is 3.79. The van der Waals surface area contributed by atoms with E-state index in [-0.39, 0.29) is 17.9 Å². The van der Waals surface area contributed by atoms with E-state index in [0.717, 1.165) is 19.3 Å². The monoisotopic (exact) mass is 198 g/mol. The fourth-order valence-corrected chi connectivity index (χ4v) is 1.77. The average molecular weight is 198 g/mol.